The quantitative estimate of drug-likeness (QED) is 0.478. The van der Waals surface area contributed by atoms with Crippen LogP contribution in [-0.4, -0.2) is 10.8 Å². The Morgan fingerprint density at radius 2 is 1.46 bits per heavy atom. The first kappa shape index (κ1) is 14.7. The molecule has 24 heavy (non-hydrogen) atoms. The summed E-state index contributed by atoms with van der Waals surface area (Å²) in [5, 5.41) is 1.60. The highest BCUT2D eigenvalue weighted by Crippen LogP contribution is 2.32. The molecule has 1 aromatic heterocycles. The van der Waals surface area contributed by atoms with Crippen molar-refractivity contribution in [3.8, 4) is 11.3 Å². The predicted octanol–water partition coefficient (Wildman–Crippen LogP) is 5.72. The number of aromatic amines is 1. The summed E-state index contributed by atoms with van der Waals surface area (Å²) in [6, 6.07) is 24.7. The number of hydrogen-bond donors (Lipinski definition) is 1. The molecule has 0 radical (unpaired) electrons. The molecule has 3 aromatic carbocycles. The summed E-state index contributed by atoms with van der Waals surface area (Å²) in [5.74, 6) is 0.0120. The van der Waals surface area contributed by atoms with E-state index in [2.05, 4.69) is 4.98 Å². The van der Waals surface area contributed by atoms with Crippen molar-refractivity contribution in [1.82, 2.24) is 4.98 Å². The molecule has 0 saturated carbocycles. The third-order valence-corrected chi connectivity index (χ3v) is 4.35. The normalized spacial score (nSPS) is 10.9. The number of ketones is 1. The van der Waals surface area contributed by atoms with E-state index in [-0.39, 0.29) is 5.78 Å². The van der Waals surface area contributed by atoms with Crippen LogP contribution in [0.5, 0.6) is 0 Å². The second kappa shape index (κ2) is 5.99. The van der Waals surface area contributed by atoms with E-state index in [0.717, 1.165) is 22.2 Å². The number of carbonyl (C=O) groups is 1. The molecule has 0 spiro atoms. The Balaban J connectivity index is 1.97. The molecule has 4 rings (SSSR count). The zero-order valence-corrected chi connectivity index (χ0v) is 13.5. The molecule has 0 atom stereocenters. The fraction of sp³-hybridized carbons (Fsp3) is 0. The van der Waals surface area contributed by atoms with Crippen LogP contribution in [0, 0.1) is 0 Å². The fourth-order valence-electron chi connectivity index (χ4n) is 2.94. The van der Waals surface area contributed by atoms with Gasteiger partial charge in [-0.25, -0.2) is 0 Å². The summed E-state index contributed by atoms with van der Waals surface area (Å²) in [5.41, 5.74) is 4.08. The Morgan fingerprint density at radius 1 is 0.792 bits per heavy atom. The Bertz CT molecular complexity index is 1020. The van der Waals surface area contributed by atoms with Gasteiger partial charge in [0.2, 0.25) is 0 Å². The average molecular weight is 332 g/mol. The molecule has 0 aliphatic heterocycles. The van der Waals surface area contributed by atoms with Crippen LogP contribution in [0.3, 0.4) is 0 Å². The molecule has 0 amide bonds. The molecular formula is C21H14ClNO. The van der Waals surface area contributed by atoms with E-state index in [1.165, 1.54) is 0 Å². The zero-order chi connectivity index (χ0) is 16.5. The highest BCUT2D eigenvalue weighted by molar-refractivity contribution is 6.30. The van der Waals surface area contributed by atoms with Gasteiger partial charge in [0.25, 0.3) is 0 Å². The van der Waals surface area contributed by atoms with E-state index in [0.29, 0.717) is 16.1 Å². The number of fused-ring (bicyclic) bond motifs is 1. The molecule has 4 aromatic rings. The zero-order valence-electron chi connectivity index (χ0n) is 12.8. The average Bonchev–Trinajstić information content (AvgIpc) is 3.02. The van der Waals surface area contributed by atoms with Gasteiger partial charge in [-0.15, -0.1) is 0 Å². The van der Waals surface area contributed by atoms with Crippen molar-refractivity contribution in [1.29, 1.82) is 0 Å². The van der Waals surface area contributed by atoms with Gasteiger partial charge in [0, 0.05) is 21.5 Å². The highest BCUT2D eigenvalue weighted by atomic mass is 35.5. The largest absolute Gasteiger partial charge is 0.354 e. The molecule has 0 aliphatic rings. The number of nitrogens with one attached hydrogen (secondary N) is 1. The number of benzene rings is 3. The summed E-state index contributed by atoms with van der Waals surface area (Å²) in [7, 11) is 0. The Hall–Kier alpha value is -2.84. The Morgan fingerprint density at radius 3 is 2.21 bits per heavy atom. The lowest BCUT2D eigenvalue weighted by molar-refractivity contribution is 0.104. The fourth-order valence-corrected chi connectivity index (χ4v) is 3.07. The van der Waals surface area contributed by atoms with E-state index in [1.54, 1.807) is 0 Å². The summed E-state index contributed by atoms with van der Waals surface area (Å²) >= 11 is 6.00. The molecule has 3 heteroatoms. The molecule has 0 saturated heterocycles. The SMILES string of the molecule is O=C(c1ccccc1)c1c(-c2ccc(Cl)cc2)[nH]c2ccccc12. The lowest BCUT2D eigenvalue weighted by atomic mass is 9.97. The van der Waals surface area contributed by atoms with Crippen molar-refractivity contribution in [3.05, 3.63) is 95.0 Å². The van der Waals surface area contributed by atoms with Crippen molar-refractivity contribution in [2.45, 2.75) is 0 Å². The van der Waals surface area contributed by atoms with Gasteiger partial charge < -0.3 is 4.98 Å². The summed E-state index contributed by atoms with van der Waals surface area (Å²) in [6.45, 7) is 0. The Labute approximate surface area is 144 Å². The van der Waals surface area contributed by atoms with Crippen LogP contribution in [0.1, 0.15) is 15.9 Å². The minimum absolute atomic E-state index is 0.0120. The topological polar surface area (TPSA) is 32.9 Å². The maximum Gasteiger partial charge on any atom is 0.195 e. The maximum absolute atomic E-state index is 13.1. The highest BCUT2D eigenvalue weighted by Gasteiger charge is 2.20. The first-order valence-electron chi connectivity index (χ1n) is 7.70. The van der Waals surface area contributed by atoms with Gasteiger partial charge in [-0.05, 0) is 23.8 Å². The maximum atomic E-state index is 13.1. The van der Waals surface area contributed by atoms with Crippen LogP contribution >= 0.6 is 11.6 Å². The minimum Gasteiger partial charge on any atom is -0.354 e. The first-order valence-corrected chi connectivity index (χ1v) is 8.08. The van der Waals surface area contributed by atoms with Gasteiger partial charge in [0.05, 0.1) is 11.3 Å². The Kier molecular flexibility index (Phi) is 3.68. The number of halogens is 1. The van der Waals surface area contributed by atoms with E-state index in [4.69, 9.17) is 11.6 Å². The van der Waals surface area contributed by atoms with Crippen LogP contribution in [0.2, 0.25) is 5.02 Å². The van der Waals surface area contributed by atoms with Crippen molar-refractivity contribution < 1.29 is 4.79 Å². The number of hydrogen-bond acceptors (Lipinski definition) is 1. The minimum atomic E-state index is 0.0120. The van der Waals surface area contributed by atoms with Crippen molar-refractivity contribution in [2.24, 2.45) is 0 Å². The third-order valence-electron chi connectivity index (χ3n) is 4.10. The van der Waals surface area contributed by atoms with Gasteiger partial charge in [-0.3, -0.25) is 4.79 Å². The summed E-state index contributed by atoms with van der Waals surface area (Å²) in [4.78, 5) is 16.5. The smallest absolute Gasteiger partial charge is 0.195 e. The molecule has 0 aliphatic carbocycles. The number of rotatable bonds is 3. The van der Waals surface area contributed by atoms with Crippen molar-refractivity contribution in [2.75, 3.05) is 0 Å². The molecule has 2 nitrogen and oxygen atoms in total. The lowest BCUT2D eigenvalue weighted by Crippen LogP contribution is -2.02. The predicted molar refractivity (Wildman–Crippen MR) is 98.6 cm³/mol. The van der Waals surface area contributed by atoms with Crippen LogP contribution in [0.25, 0.3) is 22.2 Å². The van der Waals surface area contributed by atoms with Crippen LogP contribution < -0.4 is 0 Å². The second-order valence-corrected chi connectivity index (χ2v) is 6.06. The van der Waals surface area contributed by atoms with Gasteiger partial charge in [-0.2, -0.15) is 0 Å². The van der Waals surface area contributed by atoms with Crippen molar-refractivity contribution >= 4 is 28.3 Å². The van der Waals surface area contributed by atoms with Gasteiger partial charge in [-0.1, -0.05) is 72.3 Å². The van der Waals surface area contributed by atoms with E-state index < -0.39 is 0 Å². The number of aromatic nitrogens is 1. The van der Waals surface area contributed by atoms with Gasteiger partial charge in [0.1, 0.15) is 0 Å². The van der Waals surface area contributed by atoms with Crippen molar-refractivity contribution in [3.63, 3.8) is 0 Å². The molecule has 0 bridgehead atoms. The summed E-state index contributed by atoms with van der Waals surface area (Å²) < 4.78 is 0. The van der Waals surface area contributed by atoms with Gasteiger partial charge >= 0.3 is 0 Å². The van der Waals surface area contributed by atoms with Crippen LogP contribution in [0.15, 0.2) is 78.9 Å². The molecule has 1 heterocycles. The summed E-state index contributed by atoms with van der Waals surface area (Å²) in [6.07, 6.45) is 0. The van der Waals surface area contributed by atoms with E-state index in [1.807, 2.05) is 78.9 Å². The molecule has 0 unspecified atom stereocenters. The van der Waals surface area contributed by atoms with Crippen LogP contribution in [0.4, 0.5) is 0 Å². The van der Waals surface area contributed by atoms with E-state index >= 15 is 0 Å². The molecular weight excluding hydrogens is 318 g/mol. The molecule has 0 fully saturated rings. The van der Waals surface area contributed by atoms with Gasteiger partial charge in [0.15, 0.2) is 5.78 Å². The lowest BCUT2D eigenvalue weighted by Gasteiger charge is -2.05. The second-order valence-electron chi connectivity index (χ2n) is 5.62. The standard InChI is InChI=1S/C21H14ClNO/c22-16-12-10-14(11-13-16)20-19(17-8-4-5-9-18(17)23-20)21(24)15-6-2-1-3-7-15/h1-13,23H. The molecule has 116 valence electrons. The molecule has 1 N–H and O–H groups in total. The monoisotopic (exact) mass is 331 g/mol. The number of carbonyl (C=O) groups excluding carboxylic acids is 1. The number of H-pyrrole nitrogens is 1. The van der Waals surface area contributed by atoms with Crippen LogP contribution in [-0.2, 0) is 0 Å². The first-order chi connectivity index (χ1) is 11.7. The van der Waals surface area contributed by atoms with E-state index in [9.17, 15) is 4.79 Å². The number of para-hydroxylation sites is 1. The third kappa shape index (κ3) is 2.51.